The van der Waals surface area contributed by atoms with Gasteiger partial charge in [-0.25, -0.2) is 0 Å². The van der Waals surface area contributed by atoms with E-state index in [4.69, 9.17) is 16.3 Å². The number of carbonyl (C=O) groups excluding carboxylic acids is 2. The van der Waals surface area contributed by atoms with Gasteiger partial charge >= 0.3 is 0 Å². The third-order valence-corrected chi connectivity index (χ3v) is 3.68. The SMILES string of the molecule is Cc1ccccc1CC(=O)NNC(=O)COc1ccc(Cl)cc1C. The molecule has 0 aromatic heterocycles. The summed E-state index contributed by atoms with van der Waals surface area (Å²) in [5, 5.41) is 0.604. The van der Waals surface area contributed by atoms with Crippen molar-refractivity contribution in [3.63, 3.8) is 0 Å². The molecular formula is C18H19ClN2O3. The highest BCUT2D eigenvalue weighted by Gasteiger charge is 2.08. The third kappa shape index (κ3) is 5.28. The minimum atomic E-state index is -0.442. The Morgan fingerprint density at radius 3 is 2.42 bits per heavy atom. The predicted molar refractivity (Wildman–Crippen MR) is 92.9 cm³/mol. The first-order valence-electron chi connectivity index (χ1n) is 7.47. The number of aryl methyl sites for hydroxylation is 2. The standard InChI is InChI=1S/C18H19ClN2O3/c1-12-5-3-4-6-14(12)10-17(22)20-21-18(23)11-24-16-8-7-15(19)9-13(16)2/h3-9H,10-11H2,1-2H3,(H,20,22)(H,21,23). The van der Waals surface area contributed by atoms with Crippen molar-refractivity contribution in [1.82, 2.24) is 10.9 Å². The second kappa shape index (κ2) is 8.36. The van der Waals surface area contributed by atoms with Gasteiger partial charge in [0.2, 0.25) is 5.91 Å². The van der Waals surface area contributed by atoms with Gasteiger partial charge in [-0.2, -0.15) is 0 Å². The van der Waals surface area contributed by atoms with Crippen molar-refractivity contribution in [2.24, 2.45) is 0 Å². The number of benzene rings is 2. The number of amides is 2. The van der Waals surface area contributed by atoms with Crippen molar-refractivity contribution in [2.75, 3.05) is 6.61 Å². The summed E-state index contributed by atoms with van der Waals surface area (Å²) >= 11 is 5.86. The van der Waals surface area contributed by atoms with Crippen molar-refractivity contribution >= 4 is 23.4 Å². The van der Waals surface area contributed by atoms with Gasteiger partial charge in [0.1, 0.15) is 5.75 Å². The molecule has 0 bridgehead atoms. The first-order valence-corrected chi connectivity index (χ1v) is 7.84. The lowest BCUT2D eigenvalue weighted by Gasteiger charge is -2.11. The molecular weight excluding hydrogens is 328 g/mol. The van der Waals surface area contributed by atoms with Crippen LogP contribution in [0.2, 0.25) is 5.02 Å². The highest BCUT2D eigenvalue weighted by Crippen LogP contribution is 2.21. The third-order valence-electron chi connectivity index (χ3n) is 3.45. The molecule has 0 fully saturated rings. The summed E-state index contributed by atoms with van der Waals surface area (Å²) < 4.78 is 5.40. The Balaban J connectivity index is 1.76. The Hall–Kier alpha value is -2.53. The molecule has 2 aromatic carbocycles. The molecule has 0 spiro atoms. The van der Waals surface area contributed by atoms with E-state index in [1.165, 1.54) is 0 Å². The van der Waals surface area contributed by atoms with Crippen molar-refractivity contribution in [1.29, 1.82) is 0 Å². The van der Waals surface area contributed by atoms with E-state index >= 15 is 0 Å². The van der Waals surface area contributed by atoms with Crippen molar-refractivity contribution < 1.29 is 14.3 Å². The fraction of sp³-hybridized carbons (Fsp3) is 0.222. The molecule has 126 valence electrons. The number of halogens is 1. The molecule has 0 saturated carbocycles. The molecule has 0 aliphatic carbocycles. The number of nitrogens with one attached hydrogen (secondary N) is 2. The molecule has 0 atom stereocenters. The smallest absolute Gasteiger partial charge is 0.276 e. The molecule has 2 rings (SSSR count). The van der Waals surface area contributed by atoms with Crippen LogP contribution in [0, 0.1) is 13.8 Å². The van der Waals surface area contributed by atoms with Crippen LogP contribution in [0.3, 0.4) is 0 Å². The van der Waals surface area contributed by atoms with E-state index < -0.39 is 5.91 Å². The monoisotopic (exact) mass is 346 g/mol. The van der Waals surface area contributed by atoms with Gasteiger partial charge in [0.25, 0.3) is 5.91 Å². The van der Waals surface area contributed by atoms with Crippen LogP contribution in [0.5, 0.6) is 5.75 Å². The zero-order chi connectivity index (χ0) is 17.5. The maximum atomic E-state index is 11.9. The summed E-state index contributed by atoms with van der Waals surface area (Å²) in [6.07, 6.45) is 0.199. The minimum Gasteiger partial charge on any atom is -0.483 e. The van der Waals surface area contributed by atoms with Crippen LogP contribution in [-0.4, -0.2) is 18.4 Å². The van der Waals surface area contributed by atoms with E-state index in [0.29, 0.717) is 10.8 Å². The van der Waals surface area contributed by atoms with Gasteiger partial charge in [0.15, 0.2) is 6.61 Å². The average Bonchev–Trinajstić information content (AvgIpc) is 2.54. The molecule has 2 N–H and O–H groups in total. The zero-order valence-electron chi connectivity index (χ0n) is 13.6. The maximum Gasteiger partial charge on any atom is 0.276 e. The average molecular weight is 347 g/mol. The summed E-state index contributed by atoms with van der Waals surface area (Å²) in [5.41, 5.74) is 7.49. The molecule has 5 nitrogen and oxygen atoms in total. The van der Waals surface area contributed by atoms with Crippen LogP contribution in [0.4, 0.5) is 0 Å². The Labute approximate surface area is 145 Å². The first kappa shape index (κ1) is 17.8. The second-order valence-corrected chi connectivity index (χ2v) is 5.83. The van der Waals surface area contributed by atoms with E-state index in [1.54, 1.807) is 18.2 Å². The fourth-order valence-electron chi connectivity index (χ4n) is 2.12. The summed E-state index contributed by atoms with van der Waals surface area (Å²) in [5.74, 6) is -0.163. The fourth-order valence-corrected chi connectivity index (χ4v) is 2.35. The molecule has 0 radical (unpaired) electrons. The Morgan fingerprint density at radius 2 is 1.71 bits per heavy atom. The lowest BCUT2D eigenvalue weighted by Crippen LogP contribution is -2.44. The van der Waals surface area contributed by atoms with Gasteiger partial charge < -0.3 is 4.74 Å². The van der Waals surface area contributed by atoms with Gasteiger partial charge in [0.05, 0.1) is 6.42 Å². The normalized spacial score (nSPS) is 10.1. The summed E-state index contributed by atoms with van der Waals surface area (Å²) in [6.45, 7) is 3.57. The maximum absolute atomic E-state index is 11.9. The van der Waals surface area contributed by atoms with Crippen LogP contribution in [0.15, 0.2) is 42.5 Å². The molecule has 2 aromatic rings. The van der Waals surface area contributed by atoms with Gasteiger partial charge in [0, 0.05) is 5.02 Å². The van der Waals surface area contributed by atoms with Crippen LogP contribution in [0.1, 0.15) is 16.7 Å². The zero-order valence-corrected chi connectivity index (χ0v) is 14.3. The van der Waals surface area contributed by atoms with Crippen molar-refractivity contribution in [3.05, 3.63) is 64.2 Å². The molecule has 0 saturated heterocycles. The number of rotatable bonds is 5. The molecule has 2 amide bonds. The van der Waals surface area contributed by atoms with E-state index in [1.807, 2.05) is 38.1 Å². The van der Waals surface area contributed by atoms with Crippen LogP contribution < -0.4 is 15.6 Å². The van der Waals surface area contributed by atoms with Gasteiger partial charge in [-0.1, -0.05) is 35.9 Å². The topological polar surface area (TPSA) is 67.4 Å². The Kier molecular flexibility index (Phi) is 6.21. The summed E-state index contributed by atoms with van der Waals surface area (Å²) in [4.78, 5) is 23.6. The van der Waals surface area contributed by atoms with E-state index in [2.05, 4.69) is 10.9 Å². The summed E-state index contributed by atoms with van der Waals surface area (Å²) in [6, 6.07) is 12.7. The van der Waals surface area contributed by atoms with Crippen LogP contribution in [0.25, 0.3) is 0 Å². The first-order chi connectivity index (χ1) is 11.5. The molecule has 0 heterocycles. The van der Waals surface area contributed by atoms with Gasteiger partial charge in [-0.15, -0.1) is 0 Å². The number of hydrogen-bond acceptors (Lipinski definition) is 3. The largest absolute Gasteiger partial charge is 0.483 e. The molecule has 0 aliphatic rings. The van der Waals surface area contributed by atoms with Gasteiger partial charge in [-0.3, -0.25) is 20.4 Å². The molecule has 0 aliphatic heterocycles. The Bertz CT molecular complexity index is 747. The molecule has 0 unspecified atom stereocenters. The lowest BCUT2D eigenvalue weighted by molar-refractivity contribution is -0.129. The number of ether oxygens (including phenoxy) is 1. The van der Waals surface area contributed by atoms with Crippen LogP contribution in [-0.2, 0) is 16.0 Å². The summed E-state index contributed by atoms with van der Waals surface area (Å²) in [7, 11) is 0. The molecule has 24 heavy (non-hydrogen) atoms. The number of hydrogen-bond donors (Lipinski definition) is 2. The second-order valence-electron chi connectivity index (χ2n) is 5.40. The lowest BCUT2D eigenvalue weighted by atomic mass is 10.1. The number of carbonyl (C=O) groups is 2. The van der Waals surface area contributed by atoms with Crippen molar-refractivity contribution in [3.8, 4) is 5.75 Å². The number of hydrazine groups is 1. The van der Waals surface area contributed by atoms with E-state index in [-0.39, 0.29) is 18.9 Å². The quantitative estimate of drug-likeness (QED) is 0.818. The van der Waals surface area contributed by atoms with Crippen LogP contribution >= 0.6 is 11.6 Å². The highest BCUT2D eigenvalue weighted by atomic mass is 35.5. The van der Waals surface area contributed by atoms with Crippen molar-refractivity contribution in [2.45, 2.75) is 20.3 Å². The Morgan fingerprint density at radius 1 is 1.00 bits per heavy atom. The van der Waals surface area contributed by atoms with E-state index in [9.17, 15) is 9.59 Å². The molecule has 6 heteroatoms. The van der Waals surface area contributed by atoms with Gasteiger partial charge in [-0.05, 0) is 48.7 Å². The van der Waals surface area contributed by atoms with E-state index in [0.717, 1.165) is 16.7 Å². The minimum absolute atomic E-state index is 0.199. The predicted octanol–water partition coefficient (Wildman–Crippen LogP) is 2.73. The highest BCUT2D eigenvalue weighted by molar-refractivity contribution is 6.30.